The predicted octanol–water partition coefficient (Wildman–Crippen LogP) is 3.01. The van der Waals surface area contributed by atoms with Crippen LogP contribution in [0, 0.1) is 0 Å². The molecule has 0 aromatic heterocycles. The van der Waals surface area contributed by atoms with Crippen molar-refractivity contribution in [3.8, 4) is 0 Å². The Morgan fingerprint density at radius 1 is 0.588 bits per heavy atom. The number of aliphatic hydroxyl groups is 2. The summed E-state index contributed by atoms with van der Waals surface area (Å²) in [4.78, 5) is 0. The second-order valence-corrected chi connectivity index (χ2v) is 9.57. The first-order valence-corrected chi connectivity index (χ1v) is 11.9. The van der Waals surface area contributed by atoms with E-state index in [1.165, 1.54) is 0 Å². The lowest BCUT2D eigenvalue weighted by atomic mass is 9.91. The highest BCUT2D eigenvalue weighted by molar-refractivity contribution is 5.30. The zero-order valence-corrected chi connectivity index (χ0v) is 22.2. The predicted molar refractivity (Wildman–Crippen MR) is 131 cm³/mol. The maximum atomic E-state index is 10.9. The molecule has 0 aliphatic carbocycles. The summed E-state index contributed by atoms with van der Waals surface area (Å²) < 4.78 is 33.0. The molecule has 8 heteroatoms. The van der Waals surface area contributed by atoms with Crippen LogP contribution in [0.25, 0.3) is 0 Å². The lowest BCUT2D eigenvalue weighted by Gasteiger charge is -2.29. The van der Waals surface area contributed by atoms with Gasteiger partial charge in [-0.3, -0.25) is 0 Å². The second-order valence-electron chi connectivity index (χ2n) is 9.57. The number of ether oxygens (including phenoxy) is 6. The Kier molecular flexibility index (Phi) is 13.7. The fourth-order valence-electron chi connectivity index (χ4n) is 3.23. The number of rotatable bonds is 18. The average molecular weight is 487 g/mol. The molecule has 6 atom stereocenters. The quantitative estimate of drug-likeness (QED) is 0.327. The van der Waals surface area contributed by atoms with Crippen molar-refractivity contribution < 1.29 is 38.6 Å². The molecule has 0 saturated carbocycles. The zero-order valence-electron chi connectivity index (χ0n) is 22.2. The van der Waals surface area contributed by atoms with Gasteiger partial charge in [-0.15, -0.1) is 0 Å². The van der Waals surface area contributed by atoms with Gasteiger partial charge < -0.3 is 38.6 Å². The van der Waals surface area contributed by atoms with E-state index in [1.54, 1.807) is 52.3 Å². The van der Waals surface area contributed by atoms with E-state index >= 15 is 0 Å². The molecule has 6 unspecified atom stereocenters. The van der Waals surface area contributed by atoms with E-state index in [0.717, 1.165) is 0 Å². The van der Waals surface area contributed by atoms with Gasteiger partial charge in [-0.1, -0.05) is 24.3 Å². The van der Waals surface area contributed by atoms with Gasteiger partial charge in [-0.05, 0) is 52.7 Å². The SMILES string of the molecule is COCC(C)OCC(C)OCC(C)(O)c1ccc(C(C)(O)COC(C)COC(C)COC)cc1. The van der Waals surface area contributed by atoms with Gasteiger partial charge in [0.05, 0.1) is 64.1 Å². The van der Waals surface area contributed by atoms with Crippen molar-refractivity contribution in [3.05, 3.63) is 35.4 Å². The van der Waals surface area contributed by atoms with Gasteiger partial charge in [0.25, 0.3) is 0 Å². The number of methoxy groups -OCH3 is 2. The molecule has 0 saturated heterocycles. The molecule has 0 amide bonds. The summed E-state index contributed by atoms with van der Waals surface area (Å²) in [5.74, 6) is 0. The van der Waals surface area contributed by atoms with E-state index in [9.17, 15) is 10.2 Å². The van der Waals surface area contributed by atoms with Crippen LogP contribution in [0.15, 0.2) is 24.3 Å². The molecule has 1 aromatic rings. The van der Waals surface area contributed by atoms with Crippen LogP contribution in [0.3, 0.4) is 0 Å². The molecule has 2 N–H and O–H groups in total. The molecule has 0 radical (unpaired) electrons. The highest BCUT2D eigenvalue weighted by Crippen LogP contribution is 2.27. The van der Waals surface area contributed by atoms with Crippen LogP contribution in [-0.4, -0.2) is 88.5 Å². The van der Waals surface area contributed by atoms with Crippen molar-refractivity contribution >= 4 is 0 Å². The van der Waals surface area contributed by atoms with Crippen LogP contribution < -0.4 is 0 Å². The zero-order chi connectivity index (χ0) is 25.8. The lowest BCUT2D eigenvalue weighted by molar-refractivity contribution is -0.0969. The summed E-state index contributed by atoms with van der Waals surface area (Å²) in [6.07, 6.45) is -0.385. The van der Waals surface area contributed by atoms with Crippen molar-refractivity contribution in [3.63, 3.8) is 0 Å². The minimum absolute atomic E-state index is 0.0180. The Hall–Kier alpha value is -1.10. The smallest absolute Gasteiger partial charge is 0.110 e. The van der Waals surface area contributed by atoms with Crippen molar-refractivity contribution in [1.29, 1.82) is 0 Å². The number of hydrogen-bond acceptors (Lipinski definition) is 8. The Morgan fingerprint density at radius 3 is 1.18 bits per heavy atom. The maximum Gasteiger partial charge on any atom is 0.110 e. The van der Waals surface area contributed by atoms with Crippen molar-refractivity contribution in [2.75, 3.05) is 53.9 Å². The van der Waals surface area contributed by atoms with E-state index in [0.29, 0.717) is 37.6 Å². The molecule has 1 rings (SSSR count). The Balaban J connectivity index is 2.56. The highest BCUT2D eigenvalue weighted by atomic mass is 16.6. The molecule has 0 fully saturated rings. The van der Waals surface area contributed by atoms with Gasteiger partial charge in [-0.2, -0.15) is 0 Å². The summed E-state index contributed by atoms with van der Waals surface area (Å²) in [5, 5.41) is 21.8. The topological polar surface area (TPSA) is 95.8 Å². The fraction of sp³-hybridized carbons (Fsp3) is 0.769. The van der Waals surface area contributed by atoms with Gasteiger partial charge >= 0.3 is 0 Å². The highest BCUT2D eigenvalue weighted by Gasteiger charge is 2.28. The summed E-state index contributed by atoms with van der Waals surface area (Å²) >= 11 is 0. The molecular formula is C26H46O8. The molecule has 0 aliphatic rings. The Morgan fingerprint density at radius 2 is 0.882 bits per heavy atom. The Bertz CT molecular complexity index is 604. The molecule has 0 aliphatic heterocycles. The fourth-order valence-corrected chi connectivity index (χ4v) is 3.23. The van der Waals surface area contributed by atoms with E-state index < -0.39 is 11.2 Å². The monoisotopic (exact) mass is 486 g/mol. The third kappa shape index (κ3) is 11.6. The molecule has 8 nitrogen and oxygen atoms in total. The molecule has 1 aromatic carbocycles. The van der Waals surface area contributed by atoms with Gasteiger partial charge in [-0.25, -0.2) is 0 Å². The van der Waals surface area contributed by atoms with Crippen LogP contribution in [0.4, 0.5) is 0 Å². The van der Waals surface area contributed by atoms with Crippen LogP contribution in [0.2, 0.25) is 0 Å². The summed E-state index contributed by atoms with van der Waals surface area (Å²) in [6, 6.07) is 7.20. The van der Waals surface area contributed by atoms with Gasteiger partial charge in [0.15, 0.2) is 0 Å². The largest absolute Gasteiger partial charge is 0.383 e. The summed E-state index contributed by atoms with van der Waals surface area (Å²) in [5.41, 5.74) is -0.971. The third-order valence-electron chi connectivity index (χ3n) is 5.46. The summed E-state index contributed by atoms with van der Waals surface area (Å²) in [6.45, 7) is 13.2. The molecule has 0 spiro atoms. The third-order valence-corrected chi connectivity index (χ3v) is 5.46. The maximum absolute atomic E-state index is 10.9. The lowest BCUT2D eigenvalue weighted by Crippen LogP contribution is -2.33. The molecule has 0 bridgehead atoms. The molecule has 0 heterocycles. The van der Waals surface area contributed by atoms with Crippen LogP contribution in [-0.2, 0) is 39.6 Å². The van der Waals surface area contributed by atoms with Crippen molar-refractivity contribution in [2.24, 2.45) is 0 Å². The van der Waals surface area contributed by atoms with E-state index in [4.69, 9.17) is 28.4 Å². The van der Waals surface area contributed by atoms with Crippen LogP contribution in [0.5, 0.6) is 0 Å². The van der Waals surface area contributed by atoms with Crippen LogP contribution >= 0.6 is 0 Å². The number of benzene rings is 1. The first kappa shape index (κ1) is 30.9. The minimum Gasteiger partial charge on any atom is -0.383 e. The van der Waals surface area contributed by atoms with Crippen molar-refractivity contribution in [2.45, 2.75) is 77.2 Å². The minimum atomic E-state index is -1.18. The molecular weight excluding hydrogens is 440 g/mol. The van der Waals surface area contributed by atoms with Gasteiger partial charge in [0.1, 0.15) is 11.2 Å². The normalized spacial score (nSPS) is 19.1. The summed E-state index contributed by atoms with van der Waals surface area (Å²) in [7, 11) is 3.27. The van der Waals surface area contributed by atoms with E-state index in [-0.39, 0.29) is 37.6 Å². The standard InChI is InChI=1S/C26H46O8/c1-19(13-29-7)31-15-21(3)33-17-25(5,27)23-9-11-24(12-10-23)26(6,28)18-34-22(4)16-32-20(2)14-30-8/h9-12,19-22,27-28H,13-18H2,1-8H3. The van der Waals surface area contributed by atoms with E-state index in [2.05, 4.69) is 0 Å². The Labute approximate surface area is 205 Å². The van der Waals surface area contributed by atoms with Crippen LogP contribution in [0.1, 0.15) is 52.7 Å². The van der Waals surface area contributed by atoms with Gasteiger partial charge in [0.2, 0.25) is 0 Å². The molecule has 198 valence electrons. The van der Waals surface area contributed by atoms with Gasteiger partial charge in [0, 0.05) is 14.2 Å². The first-order valence-electron chi connectivity index (χ1n) is 11.9. The molecule has 34 heavy (non-hydrogen) atoms. The van der Waals surface area contributed by atoms with Crippen molar-refractivity contribution in [1.82, 2.24) is 0 Å². The average Bonchev–Trinajstić information content (AvgIpc) is 2.79. The van der Waals surface area contributed by atoms with E-state index in [1.807, 2.05) is 27.7 Å². The first-order chi connectivity index (χ1) is 15.9. The number of hydrogen-bond donors (Lipinski definition) is 2. The second kappa shape index (κ2) is 15.1.